The Hall–Kier alpha value is -0.290. The maximum Gasteiger partial charge on any atom is 0.401 e. The highest BCUT2D eigenvalue weighted by atomic mass is 19.4. The van der Waals surface area contributed by atoms with Crippen molar-refractivity contribution in [3.63, 3.8) is 0 Å². The lowest BCUT2D eigenvalue weighted by Crippen LogP contribution is -2.46. The number of halogens is 3. The van der Waals surface area contributed by atoms with Gasteiger partial charge in [-0.2, -0.15) is 13.2 Å². The Kier molecular flexibility index (Phi) is 5.05. The normalized spacial score (nSPS) is 27.4. The number of piperidine rings is 1. The third-order valence-corrected chi connectivity index (χ3v) is 3.16. The predicted molar refractivity (Wildman–Crippen MR) is 58.4 cm³/mol. The molecule has 1 aliphatic rings. The molecule has 0 saturated carbocycles. The molecule has 16 heavy (non-hydrogen) atoms. The Morgan fingerprint density at radius 2 is 2.06 bits per heavy atom. The van der Waals surface area contributed by atoms with Crippen LogP contribution in [0.15, 0.2) is 0 Å². The van der Waals surface area contributed by atoms with Gasteiger partial charge in [0.05, 0.1) is 6.54 Å². The minimum Gasteiger partial charge on any atom is -0.313 e. The summed E-state index contributed by atoms with van der Waals surface area (Å²) in [5, 5.41) is 3.29. The zero-order valence-electron chi connectivity index (χ0n) is 9.98. The van der Waals surface area contributed by atoms with E-state index in [9.17, 15) is 13.2 Å². The first kappa shape index (κ1) is 13.8. The minimum atomic E-state index is -4.09. The first-order valence-electron chi connectivity index (χ1n) is 5.89. The molecule has 0 aliphatic carbocycles. The van der Waals surface area contributed by atoms with Crippen molar-refractivity contribution in [3.8, 4) is 0 Å². The molecule has 96 valence electrons. The van der Waals surface area contributed by atoms with Crippen LogP contribution in [0.25, 0.3) is 0 Å². The van der Waals surface area contributed by atoms with E-state index in [4.69, 9.17) is 0 Å². The number of likely N-dealkylation sites (N-methyl/N-ethyl adjacent to an activating group) is 1. The van der Waals surface area contributed by atoms with Crippen molar-refractivity contribution >= 4 is 0 Å². The topological polar surface area (TPSA) is 15.3 Å². The molecule has 0 aromatic heterocycles. The maximum absolute atomic E-state index is 12.1. The van der Waals surface area contributed by atoms with Crippen molar-refractivity contribution in [1.82, 2.24) is 10.2 Å². The van der Waals surface area contributed by atoms with E-state index < -0.39 is 12.7 Å². The van der Waals surface area contributed by atoms with E-state index in [1.165, 1.54) is 11.9 Å². The van der Waals surface area contributed by atoms with Crippen LogP contribution in [0, 0.1) is 5.92 Å². The van der Waals surface area contributed by atoms with Gasteiger partial charge in [-0.3, -0.25) is 4.90 Å². The fraction of sp³-hybridized carbons (Fsp3) is 1.00. The van der Waals surface area contributed by atoms with Crippen LogP contribution in [-0.2, 0) is 0 Å². The first-order chi connectivity index (χ1) is 7.40. The van der Waals surface area contributed by atoms with Crippen molar-refractivity contribution in [2.75, 3.05) is 26.7 Å². The van der Waals surface area contributed by atoms with E-state index in [0.717, 1.165) is 25.8 Å². The van der Waals surface area contributed by atoms with Gasteiger partial charge in [0.15, 0.2) is 0 Å². The van der Waals surface area contributed by atoms with E-state index in [-0.39, 0.29) is 6.04 Å². The molecule has 1 heterocycles. The van der Waals surface area contributed by atoms with E-state index in [1.807, 2.05) is 0 Å². The monoisotopic (exact) mass is 238 g/mol. The fourth-order valence-corrected chi connectivity index (χ4v) is 2.35. The summed E-state index contributed by atoms with van der Waals surface area (Å²) in [6, 6.07) is 0.214. The standard InChI is InChI=1S/C11H21F3N2/c1-3-9-4-5-15-10(6-9)7-16(2)8-11(12,13)14/h9-10,15H,3-8H2,1-2H3. The molecule has 0 bridgehead atoms. The average Bonchev–Trinajstić information content (AvgIpc) is 2.15. The van der Waals surface area contributed by atoms with Crippen LogP contribution < -0.4 is 5.32 Å². The number of nitrogens with zero attached hydrogens (tertiary/aromatic N) is 1. The van der Waals surface area contributed by atoms with Crippen LogP contribution >= 0.6 is 0 Å². The maximum atomic E-state index is 12.1. The SMILES string of the molecule is CCC1CCNC(CN(C)CC(F)(F)F)C1. The molecule has 1 fully saturated rings. The molecule has 0 radical (unpaired) electrons. The highest BCUT2D eigenvalue weighted by molar-refractivity contribution is 4.80. The molecule has 1 N–H and O–H groups in total. The van der Waals surface area contributed by atoms with Crippen molar-refractivity contribution in [2.45, 2.75) is 38.4 Å². The van der Waals surface area contributed by atoms with E-state index in [2.05, 4.69) is 12.2 Å². The van der Waals surface area contributed by atoms with Gasteiger partial charge in [0.1, 0.15) is 0 Å². The zero-order chi connectivity index (χ0) is 12.2. The van der Waals surface area contributed by atoms with E-state index in [0.29, 0.717) is 12.5 Å². The van der Waals surface area contributed by atoms with Gasteiger partial charge < -0.3 is 5.32 Å². The molecular formula is C11H21F3N2. The highest BCUT2D eigenvalue weighted by Gasteiger charge is 2.30. The quantitative estimate of drug-likeness (QED) is 0.808. The van der Waals surface area contributed by atoms with Crippen LogP contribution in [-0.4, -0.2) is 43.8 Å². The summed E-state index contributed by atoms with van der Waals surface area (Å²) in [6.45, 7) is 2.74. The lowest BCUT2D eigenvalue weighted by Gasteiger charge is -2.32. The molecular weight excluding hydrogens is 217 g/mol. The largest absolute Gasteiger partial charge is 0.401 e. The molecule has 1 rings (SSSR count). The summed E-state index contributed by atoms with van der Waals surface area (Å²) in [7, 11) is 1.53. The Labute approximate surface area is 95.2 Å². The third kappa shape index (κ3) is 5.16. The van der Waals surface area contributed by atoms with Crippen molar-refractivity contribution < 1.29 is 13.2 Å². The van der Waals surface area contributed by atoms with E-state index in [1.54, 1.807) is 0 Å². The van der Waals surface area contributed by atoms with Gasteiger partial charge in [0.25, 0.3) is 0 Å². The summed E-state index contributed by atoms with van der Waals surface area (Å²) in [4.78, 5) is 1.36. The molecule has 0 amide bonds. The van der Waals surface area contributed by atoms with Gasteiger partial charge in [-0.1, -0.05) is 13.3 Å². The first-order valence-corrected chi connectivity index (χ1v) is 5.89. The summed E-state index contributed by atoms with van der Waals surface area (Å²) in [5.74, 6) is 0.672. The lowest BCUT2D eigenvalue weighted by molar-refractivity contribution is -0.143. The van der Waals surface area contributed by atoms with Gasteiger partial charge in [0, 0.05) is 12.6 Å². The van der Waals surface area contributed by atoms with Crippen LogP contribution in [0.4, 0.5) is 13.2 Å². The Morgan fingerprint density at radius 3 is 2.62 bits per heavy atom. The Balaban J connectivity index is 2.30. The van der Waals surface area contributed by atoms with Gasteiger partial charge >= 0.3 is 6.18 Å². The molecule has 0 spiro atoms. The lowest BCUT2D eigenvalue weighted by atomic mass is 9.90. The van der Waals surface area contributed by atoms with Crippen molar-refractivity contribution in [3.05, 3.63) is 0 Å². The molecule has 2 atom stereocenters. The van der Waals surface area contributed by atoms with Crippen LogP contribution in [0.1, 0.15) is 26.2 Å². The van der Waals surface area contributed by atoms with Crippen LogP contribution in [0.2, 0.25) is 0 Å². The number of hydrogen-bond acceptors (Lipinski definition) is 2. The second-order valence-electron chi connectivity index (χ2n) is 4.76. The number of alkyl halides is 3. The van der Waals surface area contributed by atoms with Crippen LogP contribution in [0.3, 0.4) is 0 Å². The zero-order valence-corrected chi connectivity index (χ0v) is 9.98. The third-order valence-electron chi connectivity index (χ3n) is 3.16. The van der Waals surface area contributed by atoms with E-state index >= 15 is 0 Å². The van der Waals surface area contributed by atoms with Gasteiger partial charge in [-0.05, 0) is 32.4 Å². The summed E-state index contributed by atoms with van der Waals surface area (Å²) < 4.78 is 36.4. The average molecular weight is 238 g/mol. The molecule has 5 heteroatoms. The smallest absolute Gasteiger partial charge is 0.313 e. The predicted octanol–water partition coefficient (Wildman–Crippen LogP) is 2.26. The minimum absolute atomic E-state index is 0.214. The number of rotatable bonds is 4. The Bertz CT molecular complexity index is 206. The van der Waals surface area contributed by atoms with Gasteiger partial charge in [-0.15, -0.1) is 0 Å². The molecule has 0 aromatic rings. The molecule has 1 saturated heterocycles. The summed E-state index contributed by atoms with van der Waals surface area (Å²) in [5.41, 5.74) is 0. The van der Waals surface area contributed by atoms with Crippen molar-refractivity contribution in [2.24, 2.45) is 5.92 Å². The fourth-order valence-electron chi connectivity index (χ4n) is 2.35. The van der Waals surface area contributed by atoms with Crippen LogP contribution in [0.5, 0.6) is 0 Å². The van der Waals surface area contributed by atoms with Gasteiger partial charge in [-0.25, -0.2) is 0 Å². The number of nitrogens with one attached hydrogen (secondary N) is 1. The molecule has 2 nitrogen and oxygen atoms in total. The number of hydrogen-bond donors (Lipinski definition) is 1. The summed E-state index contributed by atoms with van der Waals surface area (Å²) >= 11 is 0. The Morgan fingerprint density at radius 1 is 1.38 bits per heavy atom. The summed E-state index contributed by atoms with van der Waals surface area (Å²) in [6.07, 6.45) is -0.816. The van der Waals surface area contributed by atoms with Crippen molar-refractivity contribution in [1.29, 1.82) is 0 Å². The molecule has 2 unspecified atom stereocenters. The second kappa shape index (κ2) is 5.87. The molecule has 0 aromatic carbocycles. The highest BCUT2D eigenvalue weighted by Crippen LogP contribution is 2.21. The van der Waals surface area contributed by atoms with Gasteiger partial charge in [0.2, 0.25) is 0 Å². The second-order valence-corrected chi connectivity index (χ2v) is 4.76. The molecule has 1 aliphatic heterocycles.